The fourth-order valence-corrected chi connectivity index (χ4v) is 2.39. The van der Waals surface area contributed by atoms with Crippen molar-refractivity contribution in [2.45, 2.75) is 58.5 Å². The van der Waals surface area contributed by atoms with Gasteiger partial charge in [0.25, 0.3) is 0 Å². The second-order valence-electron chi connectivity index (χ2n) is 5.16. The van der Waals surface area contributed by atoms with Crippen molar-refractivity contribution in [2.75, 3.05) is 0 Å². The largest absolute Gasteiger partial charge is 0.480 e. The van der Waals surface area contributed by atoms with E-state index in [2.05, 4.69) is 12.2 Å². The minimum Gasteiger partial charge on any atom is -0.480 e. The number of rotatable bonds is 4. The molecule has 0 aromatic heterocycles. The first-order valence-corrected chi connectivity index (χ1v) is 5.99. The van der Waals surface area contributed by atoms with Gasteiger partial charge in [0.05, 0.1) is 0 Å². The summed E-state index contributed by atoms with van der Waals surface area (Å²) in [5.74, 6) is 0.402. The molecule has 0 amide bonds. The highest BCUT2D eigenvalue weighted by Crippen LogP contribution is 2.30. The van der Waals surface area contributed by atoms with Crippen molar-refractivity contribution in [3.63, 3.8) is 0 Å². The molecule has 0 aromatic rings. The van der Waals surface area contributed by atoms with E-state index >= 15 is 0 Å². The summed E-state index contributed by atoms with van der Waals surface area (Å²) < 4.78 is 0. The van der Waals surface area contributed by atoms with Crippen LogP contribution in [-0.4, -0.2) is 23.2 Å². The number of nitrogens with one attached hydrogen (secondary N) is 1. The van der Waals surface area contributed by atoms with E-state index in [1.165, 1.54) is 12.8 Å². The molecule has 0 saturated heterocycles. The van der Waals surface area contributed by atoms with E-state index < -0.39 is 5.97 Å². The SMILES string of the molecule is CC1CCC(C(NC(C)C)C(=O)O)CC1. The monoisotopic (exact) mass is 213 g/mol. The van der Waals surface area contributed by atoms with Crippen LogP contribution >= 0.6 is 0 Å². The molecule has 1 aliphatic carbocycles. The van der Waals surface area contributed by atoms with Crippen molar-refractivity contribution >= 4 is 5.97 Å². The molecule has 0 aromatic carbocycles. The highest BCUT2D eigenvalue weighted by atomic mass is 16.4. The van der Waals surface area contributed by atoms with Gasteiger partial charge in [0.15, 0.2) is 0 Å². The molecule has 3 nitrogen and oxygen atoms in total. The average Bonchev–Trinajstić information content (AvgIpc) is 2.15. The summed E-state index contributed by atoms with van der Waals surface area (Å²) in [5, 5.41) is 12.3. The van der Waals surface area contributed by atoms with E-state index in [1.807, 2.05) is 13.8 Å². The Balaban J connectivity index is 2.52. The Labute approximate surface area is 92.3 Å². The minimum atomic E-state index is -0.691. The number of hydrogen-bond acceptors (Lipinski definition) is 2. The Morgan fingerprint density at radius 1 is 1.27 bits per heavy atom. The second kappa shape index (κ2) is 5.50. The molecule has 3 heteroatoms. The highest BCUT2D eigenvalue weighted by molar-refractivity contribution is 5.73. The molecule has 1 saturated carbocycles. The first-order valence-electron chi connectivity index (χ1n) is 5.99. The molecule has 15 heavy (non-hydrogen) atoms. The van der Waals surface area contributed by atoms with Gasteiger partial charge >= 0.3 is 5.97 Å². The molecule has 1 rings (SSSR count). The Morgan fingerprint density at radius 3 is 2.20 bits per heavy atom. The van der Waals surface area contributed by atoms with E-state index in [9.17, 15) is 9.90 Å². The molecule has 1 aliphatic rings. The predicted octanol–water partition coefficient (Wildman–Crippen LogP) is 2.26. The van der Waals surface area contributed by atoms with Crippen LogP contribution in [0.5, 0.6) is 0 Å². The number of carbonyl (C=O) groups is 1. The third kappa shape index (κ3) is 3.82. The minimum absolute atomic E-state index is 0.241. The maximum absolute atomic E-state index is 11.2. The Bertz CT molecular complexity index is 208. The lowest BCUT2D eigenvalue weighted by atomic mass is 9.79. The van der Waals surface area contributed by atoms with Gasteiger partial charge in [0.1, 0.15) is 6.04 Å². The van der Waals surface area contributed by atoms with Gasteiger partial charge in [0, 0.05) is 6.04 Å². The summed E-state index contributed by atoms with van der Waals surface area (Å²) in [6.45, 7) is 6.25. The predicted molar refractivity (Wildman–Crippen MR) is 60.8 cm³/mol. The molecule has 2 N–H and O–H groups in total. The van der Waals surface area contributed by atoms with E-state index in [4.69, 9.17) is 0 Å². The van der Waals surface area contributed by atoms with E-state index in [1.54, 1.807) is 0 Å². The van der Waals surface area contributed by atoms with Crippen LogP contribution in [-0.2, 0) is 4.79 Å². The van der Waals surface area contributed by atoms with Crippen LogP contribution in [0.3, 0.4) is 0 Å². The maximum atomic E-state index is 11.2. The molecule has 0 bridgehead atoms. The Hall–Kier alpha value is -0.570. The van der Waals surface area contributed by atoms with Gasteiger partial charge in [-0.15, -0.1) is 0 Å². The van der Waals surface area contributed by atoms with Crippen LogP contribution in [0.1, 0.15) is 46.5 Å². The van der Waals surface area contributed by atoms with Crippen molar-refractivity contribution in [1.29, 1.82) is 0 Å². The van der Waals surface area contributed by atoms with Crippen LogP contribution < -0.4 is 5.32 Å². The van der Waals surface area contributed by atoms with Crippen molar-refractivity contribution in [3.8, 4) is 0 Å². The number of carboxylic acids is 1. The first kappa shape index (κ1) is 12.5. The molecule has 1 atom stereocenters. The normalized spacial score (nSPS) is 29.1. The standard InChI is InChI=1S/C12H23NO2/c1-8(2)13-11(12(14)15)10-6-4-9(3)5-7-10/h8-11,13H,4-7H2,1-3H3,(H,14,15). The summed E-state index contributed by atoms with van der Waals surface area (Å²) in [6, 6.07) is -0.108. The number of hydrogen-bond donors (Lipinski definition) is 2. The van der Waals surface area contributed by atoms with Gasteiger partial charge in [-0.1, -0.05) is 33.6 Å². The molecule has 0 radical (unpaired) electrons. The maximum Gasteiger partial charge on any atom is 0.320 e. The lowest BCUT2D eigenvalue weighted by Crippen LogP contribution is -2.47. The number of aliphatic carboxylic acids is 1. The zero-order chi connectivity index (χ0) is 11.4. The van der Waals surface area contributed by atoms with Gasteiger partial charge in [0.2, 0.25) is 0 Å². The van der Waals surface area contributed by atoms with Gasteiger partial charge < -0.3 is 10.4 Å². The van der Waals surface area contributed by atoms with Crippen LogP contribution in [0.2, 0.25) is 0 Å². The van der Waals surface area contributed by atoms with E-state index in [0.29, 0.717) is 5.92 Å². The molecule has 0 aliphatic heterocycles. The van der Waals surface area contributed by atoms with Crippen molar-refractivity contribution < 1.29 is 9.90 Å². The summed E-state index contributed by atoms with van der Waals surface area (Å²) in [5.41, 5.74) is 0. The second-order valence-corrected chi connectivity index (χ2v) is 5.16. The lowest BCUT2D eigenvalue weighted by Gasteiger charge is -2.32. The summed E-state index contributed by atoms with van der Waals surface area (Å²) in [7, 11) is 0. The van der Waals surface area contributed by atoms with Crippen LogP contribution in [0.25, 0.3) is 0 Å². The van der Waals surface area contributed by atoms with Gasteiger partial charge in [-0.05, 0) is 24.7 Å². The molecule has 0 heterocycles. The Morgan fingerprint density at radius 2 is 1.80 bits per heavy atom. The van der Waals surface area contributed by atoms with Gasteiger partial charge in [-0.3, -0.25) is 4.79 Å². The molecular formula is C12H23NO2. The third-order valence-corrected chi connectivity index (χ3v) is 3.31. The molecule has 88 valence electrons. The first-order chi connectivity index (χ1) is 7.00. The van der Waals surface area contributed by atoms with Gasteiger partial charge in [-0.25, -0.2) is 0 Å². The lowest BCUT2D eigenvalue weighted by molar-refractivity contribution is -0.141. The Kier molecular flexibility index (Phi) is 4.58. The van der Waals surface area contributed by atoms with Crippen LogP contribution in [0.4, 0.5) is 0 Å². The fourth-order valence-electron chi connectivity index (χ4n) is 2.39. The van der Waals surface area contributed by atoms with Crippen LogP contribution in [0.15, 0.2) is 0 Å². The summed E-state index contributed by atoms with van der Waals surface area (Å²) in [6.07, 6.45) is 4.46. The number of carboxylic acid groups (broad SMARTS) is 1. The zero-order valence-corrected chi connectivity index (χ0v) is 9.99. The molecule has 1 unspecified atom stereocenters. The van der Waals surface area contributed by atoms with Crippen LogP contribution in [0, 0.1) is 11.8 Å². The highest BCUT2D eigenvalue weighted by Gasteiger charge is 2.30. The van der Waals surface area contributed by atoms with Crippen molar-refractivity contribution in [2.24, 2.45) is 11.8 Å². The third-order valence-electron chi connectivity index (χ3n) is 3.31. The smallest absolute Gasteiger partial charge is 0.320 e. The zero-order valence-electron chi connectivity index (χ0n) is 9.99. The summed E-state index contributed by atoms with van der Waals surface area (Å²) in [4.78, 5) is 11.2. The quantitative estimate of drug-likeness (QED) is 0.753. The van der Waals surface area contributed by atoms with E-state index in [0.717, 1.165) is 18.8 Å². The molecule has 1 fully saturated rings. The topological polar surface area (TPSA) is 49.3 Å². The molecule has 0 spiro atoms. The van der Waals surface area contributed by atoms with E-state index in [-0.39, 0.29) is 12.1 Å². The van der Waals surface area contributed by atoms with Crippen molar-refractivity contribution in [1.82, 2.24) is 5.32 Å². The van der Waals surface area contributed by atoms with Gasteiger partial charge in [-0.2, -0.15) is 0 Å². The molecular weight excluding hydrogens is 190 g/mol. The van der Waals surface area contributed by atoms with Crippen molar-refractivity contribution in [3.05, 3.63) is 0 Å². The average molecular weight is 213 g/mol. The fraction of sp³-hybridized carbons (Fsp3) is 0.917. The summed E-state index contributed by atoms with van der Waals surface area (Å²) >= 11 is 0.